The van der Waals surface area contributed by atoms with E-state index in [4.69, 9.17) is 11.6 Å². The first-order valence-corrected chi connectivity index (χ1v) is 6.34. The lowest BCUT2D eigenvalue weighted by Crippen LogP contribution is -2.57. The number of nitrogens with one attached hydrogen (secondary N) is 1. The number of carbonyl (C=O) groups excluding carboxylic acids is 1. The molecule has 0 spiro atoms. The van der Waals surface area contributed by atoms with E-state index in [1.54, 1.807) is 0 Å². The van der Waals surface area contributed by atoms with Crippen LogP contribution in [0.5, 0.6) is 0 Å². The van der Waals surface area contributed by atoms with E-state index in [9.17, 15) is 4.79 Å². The highest BCUT2D eigenvalue weighted by Crippen LogP contribution is 2.35. The molecule has 0 bridgehead atoms. The molecule has 1 aromatic rings. The van der Waals surface area contributed by atoms with Crippen LogP contribution in [0.3, 0.4) is 0 Å². The van der Waals surface area contributed by atoms with Crippen LogP contribution >= 0.6 is 11.6 Å². The largest absolute Gasteiger partial charge is 0.349 e. The molecule has 1 aliphatic rings. The Kier molecular flexibility index (Phi) is 3.82. The first-order chi connectivity index (χ1) is 8.53. The van der Waals surface area contributed by atoms with Crippen molar-refractivity contribution in [1.82, 2.24) is 20.2 Å². The molecule has 1 heterocycles. The molecule has 6 heteroatoms. The van der Waals surface area contributed by atoms with Crippen LogP contribution in [0, 0.1) is 0 Å². The second-order valence-corrected chi connectivity index (χ2v) is 5.27. The molecule has 0 radical (unpaired) electrons. The summed E-state index contributed by atoms with van der Waals surface area (Å²) in [6.07, 6.45) is 6.27. The molecule has 18 heavy (non-hydrogen) atoms. The van der Waals surface area contributed by atoms with Crippen LogP contribution < -0.4 is 5.32 Å². The van der Waals surface area contributed by atoms with Gasteiger partial charge in [0.1, 0.15) is 10.8 Å². The van der Waals surface area contributed by atoms with E-state index >= 15 is 0 Å². The van der Waals surface area contributed by atoms with Crippen molar-refractivity contribution in [2.45, 2.75) is 24.8 Å². The number of hydrogen-bond acceptors (Lipinski definition) is 4. The molecule has 0 saturated heterocycles. The van der Waals surface area contributed by atoms with Gasteiger partial charge < -0.3 is 10.2 Å². The fourth-order valence-electron chi connectivity index (χ4n) is 2.15. The van der Waals surface area contributed by atoms with Gasteiger partial charge in [-0.2, -0.15) is 0 Å². The number of aromatic nitrogens is 2. The van der Waals surface area contributed by atoms with E-state index in [1.807, 2.05) is 14.1 Å². The first-order valence-electron chi connectivity index (χ1n) is 5.97. The van der Waals surface area contributed by atoms with Crippen molar-refractivity contribution in [1.29, 1.82) is 0 Å². The first kappa shape index (κ1) is 13.2. The molecule has 1 N–H and O–H groups in total. The summed E-state index contributed by atoms with van der Waals surface area (Å²) in [5.74, 6) is -0.224. The number of carbonyl (C=O) groups is 1. The summed E-state index contributed by atoms with van der Waals surface area (Å²) in [4.78, 5) is 21.9. The van der Waals surface area contributed by atoms with Crippen molar-refractivity contribution in [2.24, 2.45) is 0 Å². The van der Waals surface area contributed by atoms with Crippen LogP contribution in [0.1, 0.15) is 29.8 Å². The molecule has 1 fully saturated rings. The molecule has 0 unspecified atom stereocenters. The highest BCUT2D eigenvalue weighted by Gasteiger charge is 2.39. The topological polar surface area (TPSA) is 58.1 Å². The van der Waals surface area contributed by atoms with Crippen molar-refractivity contribution < 1.29 is 4.79 Å². The van der Waals surface area contributed by atoms with Crippen LogP contribution in [-0.4, -0.2) is 47.0 Å². The normalized spacial score (nSPS) is 17.3. The summed E-state index contributed by atoms with van der Waals surface area (Å²) in [5, 5.41) is 3.14. The zero-order chi connectivity index (χ0) is 13.2. The molecule has 0 aromatic carbocycles. The highest BCUT2D eigenvalue weighted by atomic mass is 35.5. The van der Waals surface area contributed by atoms with E-state index in [0.717, 1.165) is 12.8 Å². The van der Waals surface area contributed by atoms with Gasteiger partial charge in [-0.25, -0.2) is 4.98 Å². The lowest BCUT2D eigenvalue weighted by molar-refractivity contribution is 0.0556. The van der Waals surface area contributed by atoms with E-state index < -0.39 is 0 Å². The minimum absolute atomic E-state index is 0.0989. The van der Waals surface area contributed by atoms with Crippen molar-refractivity contribution in [3.8, 4) is 0 Å². The standard InChI is InChI=1S/C12H17ClN4O/c1-17(2)12(4-3-5-12)8-15-11(18)9-6-14-7-10(13)16-9/h6-7H,3-5,8H2,1-2H3,(H,15,18). The van der Waals surface area contributed by atoms with Crippen molar-refractivity contribution >= 4 is 17.5 Å². The molecular weight excluding hydrogens is 252 g/mol. The number of nitrogens with zero attached hydrogens (tertiary/aromatic N) is 3. The number of hydrogen-bond donors (Lipinski definition) is 1. The summed E-state index contributed by atoms with van der Waals surface area (Å²) in [6, 6.07) is 0. The maximum absolute atomic E-state index is 11.9. The molecule has 5 nitrogen and oxygen atoms in total. The second-order valence-electron chi connectivity index (χ2n) is 4.88. The van der Waals surface area contributed by atoms with Gasteiger partial charge >= 0.3 is 0 Å². The average Bonchev–Trinajstić information content (AvgIpc) is 2.26. The monoisotopic (exact) mass is 268 g/mol. The molecular formula is C12H17ClN4O. The van der Waals surface area contributed by atoms with E-state index in [1.165, 1.54) is 18.8 Å². The van der Waals surface area contributed by atoms with E-state index in [-0.39, 0.29) is 22.3 Å². The summed E-state index contributed by atoms with van der Waals surface area (Å²) in [5.41, 5.74) is 0.359. The van der Waals surface area contributed by atoms with E-state index in [2.05, 4.69) is 20.2 Å². The number of amides is 1. The third-order valence-electron chi connectivity index (χ3n) is 3.65. The zero-order valence-corrected chi connectivity index (χ0v) is 11.4. The highest BCUT2D eigenvalue weighted by molar-refractivity contribution is 6.29. The summed E-state index contributed by atoms with van der Waals surface area (Å²) in [7, 11) is 4.09. The van der Waals surface area contributed by atoms with Crippen molar-refractivity contribution in [2.75, 3.05) is 20.6 Å². The Balaban J connectivity index is 1.96. The van der Waals surface area contributed by atoms with Crippen molar-refractivity contribution in [3.63, 3.8) is 0 Å². The Morgan fingerprint density at radius 1 is 1.50 bits per heavy atom. The van der Waals surface area contributed by atoms with Gasteiger partial charge in [0.2, 0.25) is 0 Å². The second kappa shape index (κ2) is 5.20. The van der Waals surface area contributed by atoms with Crippen LogP contribution in [-0.2, 0) is 0 Å². The minimum Gasteiger partial charge on any atom is -0.349 e. The molecule has 2 rings (SSSR count). The molecule has 98 valence electrons. The Morgan fingerprint density at radius 3 is 2.72 bits per heavy atom. The third-order valence-corrected chi connectivity index (χ3v) is 3.83. The van der Waals surface area contributed by atoms with Gasteiger partial charge in [-0.05, 0) is 33.4 Å². The maximum atomic E-state index is 11.9. The molecule has 1 amide bonds. The van der Waals surface area contributed by atoms with Crippen LogP contribution in [0.15, 0.2) is 12.4 Å². The summed E-state index contributed by atoms with van der Waals surface area (Å²) < 4.78 is 0. The smallest absolute Gasteiger partial charge is 0.271 e. The van der Waals surface area contributed by atoms with Gasteiger partial charge in [0, 0.05) is 12.1 Å². The molecule has 0 atom stereocenters. The fourth-order valence-corrected chi connectivity index (χ4v) is 2.30. The van der Waals surface area contributed by atoms with Gasteiger partial charge in [-0.3, -0.25) is 9.78 Å². The number of rotatable bonds is 4. The van der Waals surface area contributed by atoms with Crippen LogP contribution in [0.2, 0.25) is 5.15 Å². The van der Waals surface area contributed by atoms with Crippen LogP contribution in [0.25, 0.3) is 0 Å². The molecule has 0 aliphatic heterocycles. The van der Waals surface area contributed by atoms with Gasteiger partial charge in [0.15, 0.2) is 0 Å². The van der Waals surface area contributed by atoms with Crippen molar-refractivity contribution in [3.05, 3.63) is 23.2 Å². The maximum Gasteiger partial charge on any atom is 0.271 e. The van der Waals surface area contributed by atoms with Gasteiger partial charge in [-0.1, -0.05) is 11.6 Å². The predicted molar refractivity (Wildman–Crippen MR) is 69.6 cm³/mol. The fraction of sp³-hybridized carbons (Fsp3) is 0.583. The Bertz CT molecular complexity index is 445. The van der Waals surface area contributed by atoms with Gasteiger partial charge in [-0.15, -0.1) is 0 Å². The third kappa shape index (κ3) is 2.62. The quantitative estimate of drug-likeness (QED) is 0.895. The van der Waals surface area contributed by atoms with Crippen LogP contribution in [0.4, 0.5) is 0 Å². The van der Waals surface area contributed by atoms with Gasteiger partial charge in [0.05, 0.1) is 12.4 Å². The molecule has 1 aliphatic carbocycles. The Morgan fingerprint density at radius 2 is 2.22 bits per heavy atom. The summed E-state index contributed by atoms with van der Waals surface area (Å²) in [6.45, 7) is 0.632. The Labute approximate surface area is 112 Å². The Hall–Kier alpha value is -1.20. The zero-order valence-electron chi connectivity index (χ0n) is 10.6. The average molecular weight is 269 g/mol. The number of halogens is 1. The number of likely N-dealkylation sites (N-methyl/N-ethyl adjacent to an activating group) is 1. The lowest BCUT2D eigenvalue weighted by Gasteiger charge is -2.47. The molecule has 1 saturated carbocycles. The minimum atomic E-state index is -0.224. The SMILES string of the molecule is CN(C)C1(CNC(=O)c2cncc(Cl)n2)CCC1. The lowest BCUT2D eigenvalue weighted by atomic mass is 9.75. The van der Waals surface area contributed by atoms with Gasteiger partial charge in [0.25, 0.3) is 5.91 Å². The summed E-state index contributed by atoms with van der Waals surface area (Å²) >= 11 is 5.71. The molecule has 1 aromatic heterocycles. The van der Waals surface area contributed by atoms with E-state index in [0.29, 0.717) is 6.54 Å². The predicted octanol–water partition coefficient (Wildman–Crippen LogP) is 1.34.